The Morgan fingerprint density at radius 2 is 2.07 bits per heavy atom. The van der Waals surface area contributed by atoms with Crippen molar-refractivity contribution in [2.24, 2.45) is 0 Å². The molecular weight excluding hydrogens is 192 g/mol. The quantitative estimate of drug-likeness (QED) is 0.706. The Kier molecular flexibility index (Phi) is 2.23. The van der Waals surface area contributed by atoms with Gasteiger partial charge < -0.3 is 9.15 Å². The Labute approximate surface area is 87.6 Å². The lowest BCUT2D eigenvalue weighted by atomic mass is 10.1. The predicted octanol–water partition coefficient (Wildman–Crippen LogP) is 2.87. The highest BCUT2D eigenvalue weighted by atomic mass is 16.5. The van der Waals surface area contributed by atoms with Crippen molar-refractivity contribution in [3.05, 3.63) is 29.0 Å². The van der Waals surface area contributed by atoms with Gasteiger partial charge in [-0.1, -0.05) is 0 Å². The summed E-state index contributed by atoms with van der Waals surface area (Å²) in [6.45, 7) is 3.82. The number of ether oxygens (including phenoxy) is 1. The third-order valence-electron chi connectivity index (χ3n) is 2.66. The molecule has 0 aliphatic rings. The zero-order valence-corrected chi connectivity index (χ0v) is 8.96. The molecule has 0 radical (unpaired) electrons. The Bertz CT molecular complexity index is 523. The van der Waals surface area contributed by atoms with Crippen molar-refractivity contribution in [2.45, 2.75) is 13.8 Å². The standard InChI is InChI=1S/C12H12O3/c1-7-8(2)15-12-10(14-3)5-4-9(6-13)11(7)12/h4-6H,1-3H3. The molecule has 0 saturated carbocycles. The first kappa shape index (κ1) is 9.77. The van der Waals surface area contributed by atoms with Crippen LogP contribution in [0.3, 0.4) is 0 Å². The van der Waals surface area contributed by atoms with E-state index >= 15 is 0 Å². The number of carbonyl (C=O) groups excluding carboxylic acids is 1. The highest BCUT2D eigenvalue weighted by molar-refractivity contribution is 6.00. The normalized spacial score (nSPS) is 10.6. The number of aldehydes is 1. The van der Waals surface area contributed by atoms with Gasteiger partial charge in [0.25, 0.3) is 0 Å². The minimum atomic E-state index is 0.639. The van der Waals surface area contributed by atoms with E-state index in [2.05, 4.69) is 0 Å². The van der Waals surface area contributed by atoms with Crippen molar-refractivity contribution in [1.29, 1.82) is 0 Å². The average Bonchev–Trinajstić information content (AvgIpc) is 2.55. The van der Waals surface area contributed by atoms with Crippen LogP contribution in [-0.4, -0.2) is 13.4 Å². The fourth-order valence-electron chi connectivity index (χ4n) is 1.73. The van der Waals surface area contributed by atoms with E-state index in [1.807, 2.05) is 13.8 Å². The van der Waals surface area contributed by atoms with E-state index < -0.39 is 0 Å². The number of methoxy groups -OCH3 is 1. The minimum absolute atomic E-state index is 0.639. The fraction of sp³-hybridized carbons (Fsp3) is 0.250. The largest absolute Gasteiger partial charge is 0.493 e. The number of hydrogen-bond donors (Lipinski definition) is 0. The van der Waals surface area contributed by atoms with Gasteiger partial charge in [-0.3, -0.25) is 4.79 Å². The van der Waals surface area contributed by atoms with Crippen molar-refractivity contribution in [3.8, 4) is 5.75 Å². The van der Waals surface area contributed by atoms with Crippen LogP contribution in [0.5, 0.6) is 5.75 Å². The van der Waals surface area contributed by atoms with Gasteiger partial charge in [-0.05, 0) is 31.5 Å². The van der Waals surface area contributed by atoms with Crippen LogP contribution in [0.2, 0.25) is 0 Å². The maximum absolute atomic E-state index is 10.9. The van der Waals surface area contributed by atoms with Gasteiger partial charge in [-0.2, -0.15) is 0 Å². The second-order valence-electron chi connectivity index (χ2n) is 3.46. The van der Waals surface area contributed by atoms with Crippen LogP contribution in [0.4, 0.5) is 0 Å². The van der Waals surface area contributed by atoms with Crippen LogP contribution in [0.1, 0.15) is 21.7 Å². The lowest BCUT2D eigenvalue weighted by molar-refractivity contribution is 0.112. The molecule has 1 heterocycles. The van der Waals surface area contributed by atoms with Gasteiger partial charge in [0, 0.05) is 10.9 Å². The first-order chi connectivity index (χ1) is 7.19. The molecule has 1 aromatic carbocycles. The highest BCUT2D eigenvalue weighted by Crippen LogP contribution is 2.33. The van der Waals surface area contributed by atoms with Crippen molar-refractivity contribution in [3.63, 3.8) is 0 Å². The summed E-state index contributed by atoms with van der Waals surface area (Å²) in [7, 11) is 1.59. The van der Waals surface area contributed by atoms with Gasteiger partial charge in [-0.15, -0.1) is 0 Å². The molecule has 78 valence electrons. The van der Waals surface area contributed by atoms with Crippen LogP contribution in [0.15, 0.2) is 16.5 Å². The number of aryl methyl sites for hydroxylation is 2. The molecule has 0 atom stereocenters. The van der Waals surface area contributed by atoms with Gasteiger partial charge in [-0.25, -0.2) is 0 Å². The van der Waals surface area contributed by atoms with Crippen LogP contribution in [-0.2, 0) is 0 Å². The number of furan rings is 1. The molecule has 3 heteroatoms. The monoisotopic (exact) mass is 204 g/mol. The van der Waals surface area contributed by atoms with E-state index in [0.717, 1.165) is 23.0 Å². The molecule has 0 bridgehead atoms. The lowest BCUT2D eigenvalue weighted by Gasteiger charge is -2.01. The number of carbonyl (C=O) groups is 1. The molecule has 0 fully saturated rings. The first-order valence-electron chi connectivity index (χ1n) is 4.71. The average molecular weight is 204 g/mol. The Hall–Kier alpha value is -1.77. The molecule has 2 aromatic rings. The summed E-state index contributed by atoms with van der Waals surface area (Å²) in [5, 5.41) is 0.849. The fourth-order valence-corrected chi connectivity index (χ4v) is 1.73. The third-order valence-corrected chi connectivity index (χ3v) is 2.66. The predicted molar refractivity (Wildman–Crippen MR) is 57.6 cm³/mol. The minimum Gasteiger partial charge on any atom is -0.493 e. The number of fused-ring (bicyclic) bond motifs is 1. The zero-order valence-electron chi connectivity index (χ0n) is 8.96. The summed E-state index contributed by atoms with van der Waals surface area (Å²) in [6, 6.07) is 3.49. The van der Waals surface area contributed by atoms with Crippen LogP contribution in [0, 0.1) is 13.8 Å². The molecule has 1 aromatic heterocycles. The molecule has 0 aliphatic heterocycles. The van der Waals surface area contributed by atoms with E-state index in [4.69, 9.17) is 9.15 Å². The van der Waals surface area contributed by atoms with Gasteiger partial charge in [0.05, 0.1) is 7.11 Å². The third kappa shape index (κ3) is 1.31. The summed E-state index contributed by atoms with van der Waals surface area (Å²) in [5.74, 6) is 1.48. The number of benzene rings is 1. The van der Waals surface area contributed by atoms with Gasteiger partial charge in [0.2, 0.25) is 0 Å². The first-order valence-corrected chi connectivity index (χ1v) is 4.71. The molecule has 3 nitrogen and oxygen atoms in total. The zero-order chi connectivity index (χ0) is 11.0. The maximum atomic E-state index is 10.9. The van der Waals surface area contributed by atoms with E-state index in [-0.39, 0.29) is 0 Å². The van der Waals surface area contributed by atoms with Crippen molar-refractivity contribution in [1.82, 2.24) is 0 Å². The maximum Gasteiger partial charge on any atom is 0.177 e. The van der Waals surface area contributed by atoms with Crippen LogP contribution >= 0.6 is 0 Å². The molecule has 0 spiro atoms. The summed E-state index contributed by atoms with van der Waals surface area (Å²) < 4.78 is 10.8. The van der Waals surface area contributed by atoms with Crippen molar-refractivity contribution < 1.29 is 13.9 Å². The van der Waals surface area contributed by atoms with Gasteiger partial charge >= 0.3 is 0 Å². The Morgan fingerprint density at radius 3 is 2.67 bits per heavy atom. The van der Waals surface area contributed by atoms with E-state index in [9.17, 15) is 4.79 Å². The van der Waals surface area contributed by atoms with E-state index in [1.165, 1.54) is 0 Å². The van der Waals surface area contributed by atoms with E-state index in [0.29, 0.717) is 16.9 Å². The summed E-state index contributed by atoms with van der Waals surface area (Å²) >= 11 is 0. The molecular formula is C12H12O3. The number of rotatable bonds is 2. The summed E-state index contributed by atoms with van der Waals surface area (Å²) in [4.78, 5) is 10.9. The summed E-state index contributed by atoms with van der Waals surface area (Å²) in [6.07, 6.45) is 0.837. The second-order valence-corrected chi connectivity index (χ2v) is 3.46. The van der Waals surface area contributed by atoms with Crippen LogP contribution < -0.4 is 4.74 Å². The molecule has 0 unspecified atom stereocenters. The van der Waals surface area contributed by atoms with Crippen LogP contribution in [0.25, 0.3) is 11.0 Å². The topological polar surface area (TPSA) is 39.4 Å². The molecule has 0 amide bonds. The molecule has 0 aliphatic carbocycles. The smallest absolute Gasteiger partial charge is 0.177 e. The molecule has 2 rings (SSSR count). The summed E-state index contributed by atoms with van der Waals surface area (Å²) in [5.41, 5.74) is 2.28. The highest BCUT2D eigenvalue weighted by Gasteiger charge is 2.14. The van der Waals surface area contributed by atoms with Crippen molar-refractivity contribution in [2.75, 3.05) is 7.11 Å². The Morgan fingerprint density at radius 1 is 1.33 bits per heavy atom. The van der Waals surface area contributed by atoms with Gasteiger partial charge in [0.1, 0.15) is 5.76 Å². The lowest BCUT2D eigenvalue weighted by Crippen LogP contribution is -1.87. The SMILES string of the molecule is COc1ccc(C=O)c2c(C)c(C)oc12. The Balaban J connectivity index is 2.92. The number of hydrogen-bond acceptors (Lipinski definition) is 3. The molecule has 0 N–H and O–H groups in total. The van der Waals surface area contributed by atoms with Crippen molar-refractivity contribution >= 4 is 17.3 Å². The van der Waals surface area contributed by atoms with Gasteiger partial charge in [0.15, 0.2) is 17.6 Å². The molecule has 0 saturated heterocycles. The van der Waals surface area contributed by atoms with E-state index in [1.54, 1.807) is 19.2 Å². The second kappa shape index (κ2) is 3.42. The molecule has 15 heavy (non-hydrogen) atoms.